The van der Waals surface area contributed by atoms with Crippen LogP contribution in [0.15, 0.2) is 78.9 Å². The smallest absolute Gasteiger partial charge is 0.265 e. The highest BCUT2D eigenvalue weighted by Gasteiger charge is 2.19. The Bertz CT molecular complexity index is 1000. The molecule has 0 aromatic heterocycles. The van der Waals surface area contributed by atoms with E-state index in [0.29, 0.717) is 36.4 Å². The van der Waals surface area contributed by atoms with Gasteiger partial charge >= 0.3 is 0 Å². The van der Waals surface area contributed by atoms with Crippen LogP contribution in [0.3, 0.4) is 0 Å². The lowest BCUT2D eigenvalue weighted by molar-refractivity contribution is -0.122. The lowest BCUT2D eigenvalue weighted by Crippen LogP contribution is -2.32. The molecule has 0 aliphatic rings. The predicted octanol–water partition coefficient (Wildman–Crippen LogP) is 5.36. The molecular formula is C26H28N2O3. The predicted molar refractivity (Wildman–Crippen MR) is 124 cm³/mol. The first-order valence-electron chi connectivity index (χ1n) is 10.5. The number of benzene rings is 3. The molecule has 3 rings (SSSR count). The molecule has 0 fully saturated rings. The van der Waals surface area contributed by atoms with Crippen molar-refractivity contribution in [3.8, 4) is 5.75 Å². The van der Waals surface area contributed by atoms with Crippen molar-refractivity contribution in [3.63, 3.8) is 0 Å². The van der Waals surface area contributed by atoms with E-state index in [-0.39, 0.29) is 11.8 Å². The second kappa shape index (κ2) is 11.0. The summed E-state index contributed by atoms with van der Waals surface area (Å²) in [4.78, 5) is 24.8. The van der Waals surface area contributed by atoms with E-state index in [2.05, 4.69) is 10.6 Å². The number of para-hydroxylation sites is 1. The highest BCUT2D eigenvalue weighted by atomic mass is 16.5. The molecule has 2 N–H and O–H groups in total. The number of amides is 2. The van der Waals surface area contributed by atoms with Gasteiger partial charge in [-0.1, -0.05) is 55.5 Å². The number of hydrogen-bond acceptors (Lipinski definition) is 3. The summed E-state index contributed by atoms with van der Waals surface area (Å²) >= 11 is 0. The topological polar surface area (TPSA) is 67.4 Å². The maximum atomic E-state index is 12.6. The van der Waals surface area contributed by atoms with Gasteiger partial charge in [0, 0.05) is 17.8 Å². The summed E-state index contributed by atoms with van der Waals surface area (Å²) < 4.78 is 5.90. The van der Waals surface area contributed by atoms with Gasteiger partial charge in [-0.15, -0.1) is 0 Å². The summed E-state index contributed by atoms with van der Waals surface area (Å²) in [5, 5.41) is 5.77. The largest absolute Gasteiger partial charge is 0.480 e. The van der Waals surface area contributed by atoms with E-state index < -0.39 is 6.10 Å². The lowest BCUT2D eigenvalue weighted by atomic mass is 10.1. The van der Waals surface area contributed by atoms with Gasteiger partial charge in [-0.3, -0.25) is 9.59 Å². The quantitative estimate of drug-likeness (QED) is 0.493. The molecule has 3 aromatic carbocycles. The zero-order valence-electron chi connectivity index (χ0n) is 17.9. The van der Waals surface area contributed by atoms with Crippen LogP contribution in [0.2, 0.25) is 0 Å². The normalized spacial score (nSPS) is 11.4. The maximum Gasteiger partial charge on any atom is 0.265 e. The number of carbonyl (C=O) groups excluding carboxylic acids is 2. The number of rotatable bonds is 9. The second-order valence-electron chi connectivity index (χ2n) is 7.38. The Balaban J connectivity index is 1.51. The molecule has 3 aromatic rings. The molecule has 0 unspecified atom stereocenters. The van der Waals surface area contributed by atoms with Crippen LogP contribution in [0, 0.1) is 6.92 Å². The van der Waals surface area contributed by atoms with Gasteiger partial charge in [0.15, 0.2) is 6.10 Å². The summed E-state index contributed by atoms with van der Waals surface area (Å²) in [5.74, 6) is 0.460. The summed E-state index contributed by atoms with van der Waals surface area (Å²) in [6, 6.07) is 24.6. The Labute approximate surface area is 183 Å². The van der Waals surface area contributed by atoms with Crippen molar-refractivity contribution in [3.05, 3.63) is 90.0 Å². The van der Waals surface area contributed by atoms with E-state index in [1.165, 1.54) is 0 Å². The molecule has 5 nitrogen and oxygen atoms in total. The standard InChI is InChI=1S/C26H28N2O3/c1-3-23(31-24-12-8-7-9-19(24)2)26(30)28-22-16-14-21(15-17-22)27-25(29)18-13-20-10-5-4-6-11-20/h4-12,14-17,23H,3,13,18H2,1-2H3,(H,27,29)(H,28,30)/t23-/m0/s1. The second-order valence-corrected chi connectivity index (χ2v) is 7.38. The number of anilines is 2. The Morgan fingerprint density at radius 3 is 2.10 bits per heavy atom. The molecule has 2 amide bonds. The van der Waals surface area contributed by atoms with E-state index in [0.717, 1.165) is 11.1 Å². The molecule has 0 saturated heterocycles. The summed E-state index contributed by atoms with van der Waals surface area (Å²) in [7, 11) is 0. The van der Waals surface area contributed by atoms with Gasteiger partial charge in [0.1, 0.15) is 5.75 Å². The molecule has 0 spiro atoms. The number of aryl methyl sites for hydroxylation is 2. The number of ether oxygens (including phenoxy) is 1. The molecule has 160 valence electrons. The van der Waals surface area contributed by atoms with Crippen LogP contribution in [-0.2, 0) is 16.0 Å². The summed E-state index contributed by atoms with van der Waals surface area (Å²) in [5.41, 5.74) is 3.47. The SMILES string of the molecule is CC[C@H](Oc1ccccc1C)C(=O)Nc1ccc(NC(=O)CCc2ccccc2)cc1. The van der Waals surface area contributed by atoms with Gasteiger partial charge in [0.25, 0.3) is 5.91 Å². The monoisotopic (exact) mass is 416 g/mol. The third-order valence-corrected chi connectivity index (χ3v) is 4.95. The Kier molecular flexibility index (Phi) is 7.82. The zero-order chi connectivity index (χ0) is 22.1. The molecule has 0 aliphatic heterocycles. The van der Waals surface area contributed by atoms with Crippen molar-refractivity contribution in [2.75, 3.05) is 10.6 Å². The minimum Gasteiger partial charge on any atom is -0.480 e. The fraction of sp³-hybridized carbons (Fsp3) is 0.231. The van der Waals surface area contributed by atoms with E-state index >= 15 is 0 Å². The van der Waals surface area contributed by atoms with Crippen molar-refractivity contribution in [1.29, 1.82) is 0 Å². The van der Waals surface area contributed by atoms with Crippen molar-refractivity contribution in [2.24, 2.45) is 0 Å². The highest BCUT2D eigenvalue weighted by Crippen LogP contribution is 2.20. The molecule has 0 radical (unpaired) electrons. The molecule has 0 aliphatic carbocycles. The average Bonchev–Trinajstić information content (AvgIpc) is 2.79. The minimum absolute atomic E-state index is 0.0432. The number of hydrogen-bond donors (Lipinski definition) is 2. The van der Waals surface area contributed by atoms with Crippen molar-refractivity contribution < 1.29 is 14.3 Å². The third-order valence-electron chi connectivity index (χ3n) is 4.95. The maximum absolute atomic E-state index is 12.6. The highest BCUT2D eigenvalue weighted by molar-refractivity contribution is 5.95. The molecule has 31 heavy (non-hydrogen) atoms. The van der Waals surface area contributed by atoms with Crippen LogP contribution < -0.4 is 15.4 Å². The van der Waals surface area contributed by atoms with Crippen molar-refractivity contribution in [2.45, 2.75) is 39.2 Å². The van der Waals surface area contributed by atoms with Crippen molar-refractivity contribution in [1.82, 2.24) is 0 Å². The van der Waals surface area contributed by atoms with E-state index in [9.17, 15) is 9.59 Å². The molecule has 0 heterocycles. The van der Waals surface area contributed by atoms with Gasteiger partial charge in [-0.05, 0) is 61.2 Å². The molecule has 1 atom stereocenters. The van der Waals surface area contributed by atoms with Crippen LogP contribution in [0.4, 0.5) is 11.4 Å². The average molecular weight is 417 g/mol. The summed E-state index contributed by atoms with van der Waals surface area (Å²) in [6.07, 6.45) is 1.07. The Morgan fingerprint density at radius 1 is 0.839 bits per heavy atom. The number of carbonyl (C=O) groups is 2. The first kappa shape index (κ1) is 22.1. The van der Waals surface area contributed by atoms with Gasteiger partial charge in [-0.25, -0.2) is 0 Å². The third kappa shape index (κ3) is 6.71. The Hall–Kier alpha value is -3.60. The van der Waals surface area contributed by atoms with E-state index in [1.807, 2.05) is 68.4 Å². The zero-order valence-corrected chi connectivity index (χ0v) is 17.9. The molecule has 5 heteroatoms. The van der Waals surface area contributed by atoms with Gasteiger partial charge in [-0.2, -0.15) is 0 Å². The molecule has 0 bridgehead atoms. The first-order valence-corrected chi connectivity index (χ1v) is 10.5. The fourth-order valence-corrected chi connectivity index (χ4v) is 3.15. The van der Waals surface area contributed by atoms with Crippen LogP contribution in [0.5, 0.6) is 5.75 Å². The number of nitrogens with one attached hydrogen (secondary N) is 2. The Morgan fingerprint density at radius 2 is 1.45 bits per heavy atom. The van der Waals surface area contributed by atoms with Crippen LogP contribution in [-0.4, -0.2) is 17.9 Å². The van der Waals surface area contributed by atoms with Crippen LogP contribution in [0.25, 0.3) is 0 Å². The van der Waals surface area contributed by atoms with E-state index in [4.69, 9.17) is 4.74 Å². The lowest BCUT2D eigenvalue weighted by Gasteiger charge is -2.18. The molecular weight excluding hydrogens is 388 g/mol. The minimum atomic E-state index is -0.585. The van der Waals surface area contributed by atoms with Gasteiger partial charge in [0.2, 0.25) is 5.91 Å². The van der Waals surface area contributed by atoms with Crippen molar-refractivity contribution >= 4 is 23.2 Å². The van der Waals surface area contributed by atoms with Crippen LogP contribution in [0.1, 0.15) is 30.9 Å². The van der Waals surface area contributed by atoms with Gasteiger partial charge < -0.3 is 15.4 Å². The molecule has 0 saturated carbocycles. The van der Waals surface area contributed by atoms with Gasteiger partial charge in [0.05, 0.1) is 0 Å². The first-order chi connectivity index (χ1) is 15.0. The fourth-order valence-electron chi connectivity index (χ4n) is 3.15. The summed E-state index contributed by atoms with van der Waals surface area (Å²) in [6.45, 7) is 3.86. The van der Waals surface area contributed by atoms with Crippen LogP contribution >= 0.6 is 0 Å². The van der Waals surface area contributed by atoms with E-state index in [1.54, 1.807) is 24.3 Å².